The first kappa shape index (κ1) is 22.5. The highest BCUT2D eigenvalue weighted by atomic mass is 32.2. The van der Waals surface area contributed by atoms with Crippen molar-refractivity contribution in [3.63, 3.8) is 0 Å². The Morgan fingerprint density at radius 3 is 2.48 bits per heavy atom. The number of nitrogens with one attached hydrogen (secondary N) is 2. The molecule has 0 radical (unpaired) electrons. The van der Waals surface area contributed by atoms with E-state index < -0.39 is 21.7 Å². The zero-order valence-electron chi connectivity index (χ0n) is 17.2. The van der Waals surface area contributed by atoms with Crippen LogP contribution in [0.5, 0.6) is 5.75 Å². The number of carbonyl (C=O) groups excluding carboxylic acids is 1. The average Bonchev–Trinajstić information content (AvgIpc) is 2.76. The first-order valence-electron chi connectivity index (χ1n) is 9.59. The van der Waals surface area contributed by atoms with Gasteiger partial charge in [0.15, 0.2) is 0 Å². The van der Waals surface area contributed by atoms with E-state index in [2.05, 4.69) is 10.0 Å². The lowest BCUT2D eigenvalue weighted by molar-refractivity contribution is 0.102. The molecule has 0 saturated heterocycles. The summed E-state index contributed by atoms with van der Waals surface area (Å²) in [6, 6.07) is 17.6. The zero-order chi connectivity index (χ0) is 22.4. The van der Waals surface area contributed by atoms with E-state index in [1.165, 1.54) is 37.4 Å². The summed E-state index contributed by atoms with van der Waals surface area (Å²) in [6.07, 6.45) is 0.515. The molecule has 8 heteroatoms. The molecular weight excluding hydrogens is 419 g/mol. The van der Waals surface area contributed by atoms with Crippen molar-refractivity contribution >= 4 is 21.6 Å². The van der Waals surface area contributed by atoms with Gasteiger partial charge in [0.05, 0.1) is 7.11 Å². The van der Waals surface area contributed by atoms with Gasteiger partial charge in [-0.1, -0.05) is 36.4 Å². The second-order valence-electron chi connectivity index (χ2n) is 6.91. The monoisotopic (exact) mass is 442 g/mol. The summed E-state index contributed by atoms with van der Waals surface area (Å²) in [7, 11) is -2.58. The molecule has 31 heavy (non-hydrogen) atoms. The van der Waals surface area contributed by atoms with E-state index in [-0.39, 0.29) is 22.8 Å². The predicted molar refractivity (Wildman–Crippen MR) is 117 cm³/mol. The van der Waals surface area contributed by atoms with E-state index >= 15 is 0 Å². The number of amides is 1. The van der Waals surface area contributed by atoms with E-state index in [0.717, 1.165) is 5.56 Å². The van der Waals surface area contributed by atoms with Crippen LogP contribution in [0, 0.1) is 12.7 Å². The van der Waals surface area contributed by atoms with Crippen molar-refractivity contribution < 1.29 is 22.3 Å². The molecule has 0 atom stereocenters. The molecule has 162 valence electrons. The fourth-order valence-electron chi connectivity index (χ4n) is 3.00. The summed E-state index contributed by atoms with van der Waals surface area (Å²) in [6.45, 7) is 1.92. The van der Waals surface area contributed by atoms with Crippen molar-refractivity contribution in [1.29, 1.82) is 0 Å². The molecular formula is C23H23FN2O4S. The maximum absolute atomic E-state index is 13.5. The minimum Gasteiger partial charge on any atom is -0.495 e. The molecule has 0 unspecified atom stereocenters. The number of ether oxygens (including phenoxy) is 1. The van der Waals surface area contributed by atoms with Crippen molar-refractivity contribution in [3.05, 3.63) is 89.2 Å². The molecule has 0 fully saturated rings. The van der Waals surface area contributed by atoms with Gasteiger partial charge in [0, 0.05) is 17.8 Å². The number of rotatable bonds is 8. The summed E-state index contributed by atoms with van der Waals surface area (Å²) >= 11 is 0. The first-order valence-corrected chi connectivity index (χ1v) is 11.1. The van der Waals surface area contributed by atoms with Crippen LogP contribution in [0.15, 0.2) is 71.6 Å². The summed E-state index contributed by atoms with van der Waals surface area (Å²) in [4.78, 5) is 12.5. The summed E-state index contributed by atoms with van der Waals surface area (Å²) in [5, 5.41) is 2.61. The average molecular weight is 443 g/mol. The van der Waals surface area contributed by atoms with Gasteiger partial charge in [0.1, 0.15) is 16.5 Å². The van der Waals surface area contributed by atoms with E-state index in [1.54, 1.807) is 13.0 Å². The molecule has 0 spiro atoms. The highest BCUT2D eigenvalue weighted by molar-refractivity contribution is 7.89. The second-order valence-corrected chi connectivity index (χ2v) is 8.65. The van der Waals surface area contributed by atoms with Crippen LogP contribution in [0.4, 0.5) is 10.1 Å². The van der Waals surface area contributed by atoms with Crippen LogP contribution in [0.2, 0.25) is 0 Å². The molecule has 3 aromatic carbocycles. The highest BCUT2D eigenvalue weighted by Gasteiger charge is 2.21. The molecule has 0 aliphatic heterocycles. The van der Waals surface area contributed by atoms with Crippen LogP contribution in [0.25, 0.3) is 0 Å². The molecule has 0 heterocycles. The maximum atomic E-state index is 13.5. The Bertz CT molecular complexity index is 1180. The van der Waals surface area contributed by atoms with Crippen LogP contribution < -0.4 is 14.8 Å². The smallest absolute Gasteiger partial charge is 0.255 e. The van der Waals surface area contributed by atoms with Crippen LogP contribution in [0.3, 0.4) is 0 Å². The van der Waals surface area contributed by atoms with E-state index in [4.69, 9.17) is 4.74 Å². The third-order valence-corrected chi connectivity index (χ3v) is 6.19. The topological polar surface area (TPSA) is 84.5 Å². The van der Waals surface area contributed by atoms with Crippen molar-refractivity contribution in [1.82, 2.24) is 4.72 Å². The lowest BCUT2D eigenvalue weighted by Gasteiger charge is -2.13. The van der Waals surface area contributed by atoms with Gasteiger partial charge in [-0.15, -0.1) is 0 Å². The van der Waals surface area contributed by atoms with Gasteiger partial charge in [-0.25, -0.2) is 17.5 Å². The van der Waals surface area contributed by atoms with E-state index in [0.29, 0.717) is 17.7 Å². The van der Waals surface area contributed by atoms with Crippen molar-refractivity contribution in [2.45, 2.75) is 18.2 Å². The van der Waals surface area contributed by atoms with Crippen LogP contribution >= 0.6 is 0 Å². The molecule has 0 bridgehead atoms. The molecule has 0 aromatic heterocycles. The van der Waals surface area contributed by atoms with Gasteiger partial charge in [0.25, 0.3) is 5.91 Å². The fraction of sp³-hybridized carbons (Fsp3) is 0.174. The standard InChI is InChI=1S/C23H23FN2O4S/c1-16-8-10-19(24)15-20(16)26-23(27)18-9-11-21(30-2)22(14-18)31(28,29)25-13-12-17-6-4-3-5-7-17/h3-11,14-15,25H,12-13H2,1-2H3,(H,26,27). The van der Waals surface area contributed by atoms with Crippen LogP contribution in [-0.2, 0) is 16.4 Å². The number of hydrogen-bond donors (Lipinski definition) is 2. The number of sulfonamides is 1. The number of aryl methyl sites for hydroxylation is 1. The number of methoxy groups -OCH3 is 1. The lowest BCUT2D eigenvalue weighted by Crippen LogP contribution is -2.27. The third kappa shape index (κ3) is 5.68. The van der Waals surface area contributed by atoms with E-state index in [1.807, 2.05) is 30.3 Å². The number of halogens is 1. The Labute approximate surface area is 181 Å². The zero-order valence-corrected chi connectivity index (χ0v) is 18.0. The molecule has 6 nitrogen and oxygen atoms in total. The van der Waals surface area contributed by atoms with Crippen LogP contribution in [-0.4, -0.2) is 28.0 Å². The summed E-state index contributed by atoms with van der Waals surface area (Å²) < 4.78 is 47.0. The Kier molecular flexibility index (Phi) is 7.04. The Morgan fingerprint density at radius 2 is 1.77 bits per heavy atom. The minimum atomic E-state index is -3.93. The molecule has 0 aliphatic rings. The second kappa shape index (κ2) is 9.72. The van der Waals surface area contributed by atoms with Crippen molar-refractivity contribution in [2.75, 3.05) is 19.0 Å². The highest BCUT2D eigenvalue weighted by Crippen LogP contribution is 2.26. The van der Waals surface area contributed by atoms with E-state index in [9.17, 15) is 17.6 Å². The molecule has 0 aliphatic carbocycles. The fourth-order valence-corrected chi connectivity index (χ4v) is 4.23. The van der Waals surface area contributed by atoms with Crippen molar-refractivity contribution in [2.24, 2.45) is 0 Å². The van der Waals surface area contributed by atoms with Gasteiger partial charge < -0.3 is 10.1 Å². The first-order chi connectivity index (χ1) is 14.8. The van der Waals surface area contributed by atoms with Gasteiger partial charge in [-0.2, -0.15) is 0 Å². The number of anilines is 1. The largest absolute Gasteiger partial charge is 0.495 e. The predicted octanol–water partition coefficient (Wildman–Crippen LogP) is 3.92. The summed E-state index contributed by atoms with van der Waals surface area (Å²) in [5.41, 5.74) is 2.09. The van der Waals surface area contributed by atoms with Gasteiger partial charge in [-0.3, -0.25) is 4.79 Å². The molecule has 2 N–H and O–H groups in total. The Hall–Kier alpha value is -3.23. The molecule has 1 amide bonds. The molecule has 3 aromatic rings. The summed E-state index contributed by atoms with van der Waals surface area (Å²) in [5.74, 6) is -0.927. The molecule has 0 saturated carbocycles. The van der Waals surface area contributed by atoms with Gasteiger partial charge in [0.2, 0.25) is 10.0 Å². The van der Waals surface area contributed by atoms with Gasteiger partial charge in [-0.05, 0) is 54.8 Å². The minimum absolute atomic E-state index is 0.105. The number of benzene rings is 3. The number of carbonyl (C=O) groups is 1. The molecule has 3 rings (SSSR count). The van der Waals surface area contributed by atoms with Gasteiger partial charge >= 0.3 is 0 Å². The normalized spacial score (nSPS) is 11.2. The third-order valence-electron chi connectivity index (χ3n) is 4.71. The van der Waals surface area contributed by atoms with Crippen molar-refractivity contribution in [3.8, 4) is 5.75 Å². The van der Waals surface area contributed by atoms with Crippen LogP contribution in [0.1, 0.15) is 21.5 Å². The number of hydrogen-bond acceptors (Lipinski definition) is 4. The Morgan fingerprint density at radius 1 is 1.03 bits per heavy atom. The quantitative estimate of drug-likeness (QED) is 0.554. The lowest BCUT2D eigenvalue weighted by atomic mass is 10.1. The maximum Gasteiger partial charge on any atom is 0.255 e. The Balaban J connectivity index is 1.80. The SMILES string of the molecule is COc1ccc(C(=O)Nc2cc(F)ccc2C)cc1S(=O)(=O)NCCc1ccccc1.